The van der Waals surface area contributed by atoms with E-state index in [2.05, 4.69) is 10.3 Å². The molecule has 3 amide bonds. The van der Waals surface area contributed by atoms with Gasteiger partial charge in [0.25, 0.3) is 5.91 Å². The van der Waals surface area contributed by atoms with Crippen LogP contribution in [0.2, 0.25) is 0 Å². The number of likely N-dealkylation sites (tertiary alicyclic amines) is 1. The van der Waals surface area contributed by atoms with Crippen molar-refractivity contribution in [1.82, 2.24) is 20.1 Å². The van der Waals surface area contributed by atoms with Gasteiger partial charge in [0.1, 0.15) is 12.1 Å². The van der Waals surface area contributed by atoms with Crippen LogP contribution < -0.4 is 5.32 Å². The van der Waals surface area contributed by atoms with Crippen molar-refractivity contribution in [2.24, 2.45) is 5.92 Å². The topological polar surface area (TPSA) is 116 Å². The number of β-amino-alcohol motifs (C(OH)–C–C–N with tert-alkyl or cyclic N) is 1. The van der Waals surface area contributed by atoms with Gasteiger partial charge in [-0.1, -0.05) is 44.2 Å². The molecule has 2 aliphatic heterocycles. The summed E-state index contributed by atoms with van der Waals surface area (Å²) in [5.74, 6) is -0.287. The van der Waals surface area contributed by atoms with E-state index in [1.54, 1.807) is 11.0 Å². The van der Waals surface area contributed by atoms with Crippen molar-refractivity contribution in [1.29, 1.82) is 0 Å². The summed E-state index contributed by atoms with van der Waals surface area (Å²) in [5, 5.41) is 13.4. The molecular weight excluding hydrogens is 496 g/mol. The zero-order valence-electron chi connectivity index (χ0n) is 22.7. The lowest BCUT2D eigenvalue weighted by Crippen LogP contribution is -2.55. The molecule has 204 valence electrons. The highest BCUT2D eigenvalue weighted by Crippen LogP contribution is 2.30. The Morgan fingerprint density at radius 2 is 1.95 bits per heavy atom. The van der Waals surface area contributed by atoms with Crippen LogP contribution >= 0.6 is 0 Å². The summed E-state index contributed by atoms with van der Waals surface area (Å²) >= 11 is 0. The highest BCUT2D eigenvalue weighted by molar-refractivity contribution is 6.01. The third kappa shape index (κ3) is 5.06. The summed E-state index contributed by atoms with van der Waals surface area (Å²) in [6.45, 7) is 8.32. The van der Waals surface area contributed by atoms with E-state index in [0.29, 0.717) is 17.9 Å². The van der Waals surface area contributed by atoms with Crippen LogP contribution in [-0.2, 0) is 22.7 Å². The number of aliphatic hydroxyl groups excluding tert-OH is 1. The SMILES string of the molecule is Cc1cc(-c2ocnc2C)ccc1CNC(=O)[C@@H]1C[C@@H](O)CN1C(=O)[C@H](C(C)C)N1Cc2ccccc2C1=O. The first-order chi connectivity index (χ1) is 18.7. The number of aromatic nitrogens is 1. The molecule has 0 spiro atoms. The third-order valence-corrected chi connectivity index (χ3v) is 7.74. The molecule has 9 heteroatoms. The van der Waals surface area contributed by atoms with Crippen molar-refractivity contribution in [3.05, 3.63) is 76.8 Å². The standard InChI is InChI=1S/C30H34N4O5/c1-17(2)26(34-14-22-7-5-6-8-24(22)29(34)37)30(38)33-15-23(35)12-25(33)28(36)31-13-21-10-9-20(11-18(21)3)27-19(4)32-16-39-27/h5-11,16-17,23,25-26,35H,12-15H2,1-4H3,(H,31,36)/t23-,25+,26+/m1/s1. The van der Waals surface area contributed by atoms with E-state index in [0.717, 1.165) is 27.9 Å². The van der Waals surface area contributed by atoms with E-state index < -0.39 is 18.2 Å². The Bertz CT molecular complexity index is 1410. The van der Waals surface area contributed by atoms with Gasteiger partial charge in [-0.2, -0.15) is 0 Å². The molecule has 3 heterocycles. The van der Waals surface area contributed by atoms with Gasteiger partial charge in [0.15, 0.2) is 12.2 Å². The van der Waals surface area contributed by atoms with Crippen LogP contribution in [0.4, 0.5) is 0 Å². The molecule has 5 rings (SSSR count). The summed E-state index contributed by atoms with van der Waals surface area (Å²) in [6.07, 6.45) is 0.758. The Morgan fingerprint density at radius 3 is 2.62 bits per heavy atom. The lowest BCUT2D eigenvalue weighted by molar-refractivity contribution is -0.143. The zero-order chi connectivity index (χ0) is 27.8. The van der Waals surface area contributed by atoms with Crippen molar-refractivity contribution < 1.29 is 23.9 Å². The van der Waals surface area contributed by atoms with Crippen LogP contribution in [0, 0.1) is 19.8 Å². The summed E-state index contributed by atoms with van der Waals surface area (Å²) in [6, 6.07) is 11.7. The lowest BCUT2D eigenvalue weighted by Gasteiger charge is -2.35. The average Bonchev–Trinajstić information content (AvgIpc) is 3.60. The van der Waals surface area contributed by atoms with Crippen molar-refractivity contribution in [2.75, 3.05) is 6.54 Å². The molecule has 0 saturated carbocycles. The number of carbonyl (C=O) groups excluding carboxylic acids is 3. The number of nitrogens with zero attached hydrogens (tertiary/aromatic N) is 3. The fraction of sp³-hybridized carbons (Fsp3) is 0.400. The minimum absolute atomic E-state index is 0.0549. The summed E-state index contributed by atoms with van der Waals surface area (Å²) < 4.78 is 5.49. The van der Waals surface area contributed by atoms with Crippen LogP contribution in [0.1, 0.15) is 53.0 Å². The van der Waals surface area contributed by atoms with Crippen LogP contribution in [0.3, 0.4) is 0 Å². The Morgan fingerprint density at radius 1 is 1.18 bits per heavy atom. The Labute approximate surface area is 227 Å². The number of rotatable bonds is 7. The number of nitrogens with one attached hydrogen (secondary N) is 1. The number of aryl methyl sites for hydroxylation is 2. The van der Waals surface area contributed by atoms with Gasteiger partial charge in [0.05, 0.1) is 11.8 Å². The molecule has 9 nitrogen and oxygen atoms in total. The zero-order valence-corrected chi connectivity index (χ0v) is 22.7. The number of amides is 3. The van der Waals surface area contributed by atoms with Gasteiger partial charge >= 0.3 is 0 Å². The molecule has 1 fully saturated rings. The lowest BCUT2D eigenvalue weighted by atomic mass is 10.00. The second-order valence-electron chi connectivity index (χ2n) is 10.8. The minimum Gasteiger partial charge on any atom is -0.443 e. The number of aliphatic hydroxyl groups is 1. The fourth-order valence-corrected chi connectivity index (χ4v) is 5.67. The van der Waals surface area contributed by atoms with Gasteiger partial charge in [-0.05, 0) is 48.6 Å². The molecule has 0 radical (unpaired) electrons. The number of hydrogen-bond acceptors (Lipinski definition) is 6. The van der Waals surface area contributed by atoms with E-state index in [9.17, 15) is 19.5 Å². The Kier molecular flexibility index (Phi) is 7.27. The number of hydrogen-bond donors (Lipinski definition) is 2. The molecule has 0 unspecified atom stereocenters. The number of carbonyl (C=O) groups is 3. The Hall–Kier alpha value is -3.98. The van der Waals surface area contributed by atoms with E-state index in [1.807, 2.05) is 64.1 Å². The van der Waals surface area contributed by atoms with Gasteiger partial charge in [-0.3, -0.25) is 14.4 Å². The monoisotopic (exact) mass is 530 g/mol. The first-order valence-corrected chi connectivity index (χ1v) is 13.3. The van der Waals surface area contributed by atoms with Crippen LogP contribution in [0.5, 0.6) is 0 Å². The first-order valence-electron chi connectivity index (χ1n) is 13.3. The van der Waals surface area contributed by atoms with E-state index >= 15 is 0 Å². The molecule has 3 atom stereocenters. The van der Waals surface area contributed by atoms with Crippen LogP contribution in [0.15, 0.2) is 53.3 Å². The largest absolute Gasteiger partial charge is 0.443 e. The molecule has 39 heavy (non-hydrogen) atoms. The molecule has 0 bridgehead atoms. The van der Waals surface area contributed by atoms with Crippen molar-refractivity contribution in [2.45, 2.75) is 65.4 Å². The van der Waals surface area contributed by atoms with E-state index in [-0.39, 0.29) is 43.1 Å². The molecule has 2 N–H and O–H groups in total. The average molecular weight is 531 g/mol. The van der Waals surface area contributed by atoms with Crippen LogP contribution in [0.25, 0.3) is 11.3 Å². The fourth-order valence-electron chi connectivity index (χ4n) is 5.67. The predicted molar refractivity (Wildman–Crippen MR) is 144 cm³/mol. The highest BCUT2D eigenvalue weighted by Gasteiger charge is 2.45. The highest BCUT2D eigenvalue weighted by atomic mass is 16.3. The second kappa shape index (κ2) is 10.6. The molecule has 0 aliphatic carbocycles. The van der Waals surface area contributed by atoms with E-state index in [4.69, 9.17) is 4.42 Å². The maximum atomic E-state index is 13.9. The van der Waals surface area contributed by atoms with Gasteiger partial charge in [0, 0.05) is 37.2 Å². The maximum absolute atomic E-state index is 13.9. The summed E-state index contributed by atoms with van der Waals surface area (Å²) in [5.41, 5.74) is 5.12. The second-order valence-corrected chi connectivity index (χ2v) is 10.8. The van der Waals surface area contributed by atoms with Crippen molar-refractivity contribution >= 4 is 17.7 Å². The molecule has 2 aliphatic rings. The molecule has 3 aromatic rings. The maximum Gasteiger partial charge on any atom is 0.255 e. The number of fused-ring (bicyclic) bond motifs is 1. The first kappa shape index (κ1) is 26.6. The third-order valence-electron chi connectivity index (χ3n) is 7.74. The van der Waals surface area contributed by atoms with Crippen LogP contribution in [-0.4, -0.2) is 62.3 Å². The number of oxazole rings is 1. The normalized spacial score (nSPS) is 19.5. The smallest absolute Gasteiger partial charge is 0.255 e. The molecular formula is C30H34N4O5. The minimum atomic E-state index is -0.815. The molecule has 1 saturated heterocycles. The van der Waals surface area contributed by atoms with Crippen molar-refractivity contribution in [3.8, 4) is 11.3 Å². The van der Waals surface area contributed by atoms with Gasteiger partial charge in [0.2, 0.25) is 11.8 Å². The summed E-state index contributed by atoms with van der Waals surface area (Å²) in [4.78, 5) is 47.5. The van der Waals surface area contributed by atoms with Gasteiger partial charge in [-0.25, -0.2) is 4.98 Å². The van der Waals surface area contributed by atoms with E-state index in [1.165, 1.54) is 11.3 Å². The van der Waals surface area contributed by atoms with Crippen molar-refractivity contribution in [3.63, 3.8) is 0 Å². The van der Waals surface area contributed by atoms with Gasteiger partial charge < -0.3 is 24.6 Å². The van der Waals surface area contributed by atoms with Gasteiger partial charge in [-0.15, -0.1) is 0 Å². The Balaban J connectivity index is 1.29. The predicted octanol–water partition coefficient (Wildman–Crippen LogP) is 3.22. The molecule has 2 aromatic carbocycles. The summed E-state index contributed by atoms with van der Waals surface area (Å²) in [7, 11) is 0. The quantitative estimate of drug-likeness (QED) is 0.485. The molecule has 1 aromatic heterocycles. The number of benzene rings is 2.